The second kappa shape index (κ2) is 8.60. The quantitative estimate of drug-likeness (QED) is 0.351. The molecule has 0 atom stereocenters. The number of thiophene rings is 1. The van der Waals surface area contributed by atoms with Crippen LogP contribution in [-0.4, -0.2) is 30.5 Å². The number of nitro benzene ring substituents is 1. The van der Waals surface area contributed by atoms with E-state index < -0.39 is 23.4 Å². The van der Waals surface area contributed by atoms with E-state index in [1.807, 2.05) is 17.5 Å². The molecule has 0 spiro atoms. The van der Waals surface area contributed by atoms with Gasteiger partial charge in [-0.3, -0.25) is 14.9 Å². The van der Waals surface area contributed by atoms with Crippen LogP contribution in [-0.2, 0) is 14.3 Å². The van der Waals surface area contributed by atoms with Crippen LogP contribution in [0.25, 0.3) is 6.08 Å². The number of ether oxygens (including phenoxy) is 2. The Morgan fingerprint density at radius 3 is 2.80 bits per heavy atom. The number of carbonyl (C=O) groups excluding carboxylic acids is 2. The van der Waals surface area contributed by atoms with E-state index in [9.17, 15) is 19.7 Å². The van der Waals surface area contributed by atoms with Crippen LogP contribution in [0.5, 0.6) is 5.75 Å². The second-order valence-corrected chi connectivity index (χ2v) is 5.63. The fourth-order valence-corrected chi connectivity index (χ4v) is 2.42. The topological polar surface area (TPSA) is 108 Å². The minimum Gasteiger partial charge on any atom is -0.494 e. The molecule has 1 heterocycles. The van der Waals surface area contributed by atoms with Gasteiger partial charge < -0.3 is 14.8 Å². The summed E-state index contributed by atoms with van der Waals surface area (Å²) in [6.45, 7) is -0.492. The molecule has 0 aliphatic carbocycles. The van der Waals surface area contributed by atoms with Gasteiger partial charge in [-0.25, -0.2) is 4.79 Å². The number of benzene rings is 1. The van der Waals surface area contributed by atoms with Crippen molar-refractivity contribution in [3.63, 3.8) is 0 Å². The molecule has 0 aliphatic rings. The maximum absolute atomic E-state index is 11.8. The highest BCUT2D eigenvalue weighted by Crippen LogP contribution is 2.28. The zero-order valence-corrected chi connectivity index (χ0v) is 13.9. The number of rotatable bonds is 7. The van der Waals surface area contributed by atoms with Crippen LogP contribution in [0.4, 0.5) is 11.4 Å². The van der Waals surface area contributed by atoms with Crippen LogP contribution in [0.2, 0.25) is 0 Å². The van der Waals surface area contributed by atoms with Gasteiger partial charge in [0, 0.05) is 17.0 Å². The third kappa shape index (κ3) is 5.43. The van der Waals surface area contributed by atoms with Crippen LogP contribution >= 0.6 is 11.3 Å². The number of carbonyl (C=O) groups is 2. The number of hydrogen-bond donors (Lipinski definition) is 1. The Labute approximate surface area is 146 Å². The number of non-ortho nitro benzene ring substituents is 1. The average Bonchev–Trinajstić information content (AvgIpc) is 3.11. The van der Waals surface area contributed by atoms with E-state index in [4.69, 9.17) is 9.47 Å². The Kier molecular flexibility index (Phi) is 6.24. The molecule has 1 aromatic carbocycles. The molecule has 0 radical (unpaired) electrons. The lowest BCUT2D eigenvalue weighted by molar-refractivity contribution is -0.384. The van der Waals surface area contributed by atoms with Gasteiger partial charge in [0.05, 0.1) is 23.8 Å². The number of amides is 1. The van der Waals surface area contributed by atoms with E-state index in [0.29, 0.717) is 0 Å². The monoisotopic (exact) mass is 362 g/mol. The van der Waals surface area contributed by atoms with Crippen molar-refractivity contribution < 1.29 is 24.0 Å². The standard InChI is InChI=1S/C16H14N2O6S/c1-23-14-9-11(18(21)22)4-6-13(14)17-15(19)10-24-16(20)7-5-12-3-2-8-25-12/h2-9H,10H2,1H3,(H,17,19)/b7-5+. The summed E-state index contributed by atoms with van der Waals surface area (Å²) in [6, 6.07) is 7.44. The lowest BCUT2D eigenvalue weighted by Gasteiger charge is -2.09. The number of methoxy groups -OCH3 is 1. The number of nitrogens with zero attached hydrogens (tertiary/aromatic N) is 1. The van der Waals surface area contributed by atoms with Gasteiger partial charge in [0.1, 0.15) is 5.75 Å². The molecule has 25 heavy (non-hydrogen) atoms. The third-order valence-electron chi connectivity index (χ3n) is 2.94. The fraction of sp³-hybridized carbons (Fsp3) is 0.125. The van der Waals surface area contributed by atoms with E-state index in [1.165, 1.54) is 42.7 Å². The Bertz CT molecular complexity index is 801. The third-order valence-corrected chi connectivity index (χ3v) is 3.78. The van der Waals surface area contributed by atoms with E-state index in [0.717, 1.165) is 4.88 Å². The molecule has 0 unspecified atom stereocenters. The number of hydrogen-bond acceptors (Lipinski definition) is 7. The minimum absolute atomic E-state index is 0.131. The van der Waals surface area contributed by atoms with Gasteiger partial charge in [-0.2, -0.15) is 0 Å². The maximum Gasteiger partial charge on any atom is 0.331 e. The van der Waals surface area contributed by atoms with Crippen molar-refractivity contribution in [3.05, 3.63) is 56.8 Å². The van der Waals surface area contributed by atoms with Crippen LogP contribution in [0, 0.1) is 10.1 Å². The van der Waals surface area contributed by atoms with Crippen LogP contribution in [0.15, 0.2) is 41.8 Å². The Hall–Kier alpha value is -3.20. The summed E-state index contributed by atoms with van der Waals surface area (Å²) in [5.41, 5.74) is 0.0725. The van der Waals surface area contributed by atoms with Crippen molar-refractivity contribution in [2.75, 3.05) is 19.0 Å². The van der Waals surface area contributed by atoms with Crippen LogP contribution < -0.4 is 10.1 Å². The number of anilines is 1. The van der Waals surface area contributed by atoms with Crippen molar-refractivity contribution in [1.29, 1.82) is 0 Å². The SMILES string of the molecule is COc1cc([N+](=O)[O-])ccc1NC(=O)COC(=O)/C=C/c1cccs1. The molecule has 0 saturated heterocycles. The zero-order chi connectivity index (χ0) is 18.2. The van der Waals surface area contributed by atoms with Gasteiger partial charge >= 0.3 is 5.97 Å². The lowest BCUT2D eigenvalue weighted by atomic mass is 10.2. The predicted molar refractivity (Wildman–Crippen MR) is 92.6 cm³/mol. The molecular formula is C16H14N2O6S. The first-order valence-electron chi connectivity index (χ1n) is 7.00. The minimum atomic E-state index is -0.654. The van der Waals surface area contributed by atoms with Crippen molar-refractivity contribution in [2.24, 2.45) is 0 Å². The normalized spacial score (nSPS) is 10.4. The molecular weight excluding hydrogens is 348 g/mol. The summed E-state index contributed by atoms with van der Waals surface area (Å²) < 4.78 is 9.83. The molecule has 0 aliphatic heterocycles. The Balaban J connectivity index is 1.89. The van der Waals surface area contributed by atoms with Gasteiger partial charge in [0.2, 0.25) is 0 Å². The summed E-state index contributed by atoms with van der Waals surface area (Å²) in [6.07, 6.45) is 2.82. The van der Waals surface area contributed by atoms with Crippen LogP contribution in [0.3, 0.4) is 0 Å². The molecule has 130 valence electrons. The van der Waals surface area contributed by atoms with E-state index >= 15 is 0 Å². The van der Waals surface area contributed by atoms with E-state index in [2.05, 4.69) is 5.32 Å². The van der Waals surface area contributed by atoms with Crippen molar-refractivity contribution in [3.8, 4) is 5.75 Å². The molecule has 2 aromatic rings. The predicted octanol–water partition coefficient (Wildman–Crippen LogP) is 2.86. The molecule has 1 amide bonds. The first kappa shape index (κ1) is 18.1. The van der Waals surface area contributed by atoms with Gasteiger partial charge in [-0.05, 0) is 23.6 Å². The van der Waals surface area contributed by atoms with Crippen molar-refractivity contribution in [1.82, 2.24) is 0 Å². The maximum atomic E-state index is 11.8. The van der Waals surface area contributed by atoms with Crippen LogP contribution in [0.1, 0.15) is 4.88 Å². The number of esters is 1. The van der Waals surface area contributed by atoms with E-state index in [-0.39, 0.29) is 17.1 Å². The molecule has 0 saturated carbocycles. The smallest absolute Gasteiger partial charge is 0.331 e. The van der Waals surface area contributed by atoms with Gasteiger partial charge in [0.15, 0.2) is 6.61 Å². The first-order chi connectivity index (χ1) is 12.0. The number of nitro groups is 1. The molecule has 8 nitrogen and oxygen atoms in total. The molecule has 2 rings (SSSR count). The molecule has 9 heteroatoms. The summed E-state index contributed by atoms with van der Waals surface area (Å²) in [5.74, 6) is -1.12. The van der Waals surface area contributed by atoms with Crippen molar-refractivity contribution >= 4 is 40.7 Å². The second-order valence-electron chi connectivity index (χ2n) is 4.65. The molecule has 0 bridgehead atoms. The summed E-state index contributed by atoms with van der Waals surface area (Å²) in [7, 11) is 1.32. The van der Waals surface area contributed by atoms with Gasteiger partial charge in [-0.1, -0.05) is 6.07 Å². The fourth-order valence-electron chi connectivity index (χ4n) is 1.80. The Morgan fingerprint density at radius 2 is 2.16 bits per heavy atom. The largest absolute Gasteiger partial charge is 0.494 e. The van der Waals surface area contributed by atoms with Crippen molar-refractivity contribution in [2.45, 2.75) is 0 Å². The van der Waals surface area contributed by atoms with Gasteiger partial charge in [0.25, 0.3) is 11.6 Å². The highest BCUT2D eigenvalue weighted by Gasteiger charge is 2.14. The Morgan fingerprint density at radius 1 is 1.36 bits per heavy atom. The van der Waals surface area contributed by atoms with E-state index in [1.54, 1.807) is 6.08 Å². The molecule has 1 aromatic heterocycles. The zero-order valence-electron chi connectivity index (χ0n) is 13.1. The highest BCUT2D eigenvalue weighted by atomic mass is 32.1. The molecule has 0 fully saturated rings. The average molecular weight is 362 g/mol. The highest BCUT2D eigenvalue weighted by molar-refractivity contribution is 7.10. The summed E-state index contributed by atoms with van der Waals surface area (Å²) in [5, 5.41) is 15.1. The summed E-state index contributed by atoms with van der Waals surface area (Å²) >= 11 is 1.46. The molecule has 1 N–H and O–H groups in total. The summed E-state index contributed by atoms with van der Waals surface area (Å²) in [4.78, 5) is 34.4. The lowest BCUT2D eigenvalue weighted by Crippen LogP contribution is -2.20. The number of nitrogens with one attached hydrogen (secondary N) is 1. The first-order valence-corrected chi connectivity index (χ1v) is 7.88. The van der Waals surface area contributed by atoms with Gasteiger partial charge in [-0.15, -0.1) is 11.3 Å².